The van der Waals surface area contributed by atoms with Gasteiger partial charge in [-0.25, -0.2) is 4.79 Å². The van der Waals surface area contributed by atoms with Crippen molar-refractivity contribution in [3.63, 3.8) is 0 Å². The molecule has 7 nitrogen and oxygen atoms in total. The van der Waals surface area contributed by atoms with E-state index in [1.165, 1.54) is 53.1 Å². The predicted molar refractivity (Wildman–Crippen MR) is 113 cm³/mol. The highest BCUT2D eigenvalue weighted by atomic mass is 16.5. The number of methoxy groups -OCH3 is 3. The average Bonchev–Trinajstić information content (AvgIpc) is 2.79. The van der Waals surface area contributed by atoms with E-state index in [9.17, 15) is 9.59 Å². The lowest BCUT2D eigenvalue weighted by molar-refractivity contribution is -0.151. The highest BCUT2D eigenvalue weighted by Crippen LogP contribution is 2.38. The summed E-state index contributed by atoms with van der Waals surface area (Å²) in [6, 6.07) is 3.77. The summed E-state index contributed by atoms with van der Waals surface area (Å²) in [4.78, 5) is 26.7. The number of hydrogen-bond acceptors (Lipinski definition) is 6. The minimum Gasteiger partial charge on any atom is -0.493 e. The lowest BCUT2D eigenvalue weighted by Gasteiger charge is -2.44. The molecule has 3 rings (SSSR count). The Morgan fingerprint density at radius 3 is 2.33 bits per heavy atom. The van der Waals surface area contributed by atoms with E-state index < -0.39 is 5.97 Å². The number of ether oxygens (including phenoxy) is 4. The van der Waals surface area contributed by atoms with Crippen molar-refractivity contribution >= 4 is 18.0 Å². The second-order valence-corrected chi connectivity index (χ2v) is 7.74. The van der Waals surface area contributed by atoms with Gasteiger partial charge in [0, 0.05) is 18.7 Å². The van der Waals surface area contributed by atoms with Crippen molar-refractivity contribution < 1.29 is 28.5 Å². The van der Waals surface area contributed by atoms with Crippen LogP contribution in [0.5, 0.6) is 17.2 Å². The van der Waals surface area contributed by atoms with Crippen LogP contribution < -0.4 is 14.2 Å². The maximum atomic E-state index is 12.6. The number of nitrogens with zero attached hydrogens (tertiary/aromatic N) is 1. The Morgan fingerprint density at radius 2 is 1.67 bits per heavy atom. The molecular weight excluding hydrogens is 386 g/mol. The first kappa shape index (κ1) is 22.0. The van der Waals surface area contributed by atoms with Crippen molar-refractivity contribution in [1.29, 1.82) is 0 Å². The summed E-state index contributed by atoms with van der Waals surface area (Å²) < 4.78 is 21.1. The molecule has 0 N–H and O–H groups in total. The van der Waals surface area contributed by atoms with Crippen molar-refractivity contribution in [2.24, 2.45) is 5.92 Å². The fourth-order valence-electron chi connectivity index (χ4n) is 4.56. The van der Waals surface area contributed by atoms with Crippen molar-refractivity contribution in [2.75, 3.05) is 34.5 Å². The molecule has 1 saturated carbocycles. The minimum atomic E-state index is -0.561. The van der Waals surface area contributed by atoms with E-state index in [1.807, 2.05) is 4.90 Å². The quantitative estimate of drug-likeness (QED) is 0.500. The first-order chi connectivity index (χ1) is 14.6. The number of esters is 1. The summed E-state index contributed by atoms with van der Waals surface area (Å²) in [5.41, 5.74) is 0.689. The number of rotatable bonds is 7. The van der Waals surface area contributed by atoms with Crippen LogP contribution in [0.25, 0.3) is 6.08 Å². The molecule has 2 atom stereocenters. The Balaban J connectivity index is 1.58. The van der Waals surface area contributed by atoms with Crippen LogP contribution >= 0.6 is 0 Å². The van der Waals surface area contributed by atoms with E-state index in [0.29, 0.717) is 34.8 Å². The minimum absolute atomic E-state index is 0.0962. The lowest BCUT2D eigenvalue weighted by Crippen LogP contribution is -2.50. The molecule has 1 saturated heterocycles. The number of piperidine rings is 1. The van der Waals surface area contributed by atoms with E-state index >= 15 is 0 Å². The molecule has 2 aliphatic rings. The molecule has 1 heterocycles. The van der Waals surface area contributed by atoms with Crippen LogP contribution in [0.1, 0.15) is 44.1 Å². The lowest BCUT2D eigenvalue weighted by atomic mass is 9.78. The number of fused-ring (bicyclic) bond motifs is 1. The number of carbonyl (C=O) groups is 2. The average molecular weight is 418 g/mol. The Labute approximate surface area is 177 Å². The van der Waals surface area contributed by atoms with Crippen LogP contribution in [0.3, 0.4) is 0 Å². The fourth-order valence-corrected chi connectivity index (χ4v) is 4.56. The maximum Gasteiger partial charge on any atom is 0.331 e. The first-order valence-corrected chi connectivity index (χ1v) is 10.5. The van der Waals surface area contributed by atoms with E-state index in [-0.39, 0.29) is 12.5 Å². The second-order valence-electron chi connectivity index (χ2n) is 7.74. The highest BCUT2D eigenvalue weighted by Gasteiger charge is 2.35. The molecule has 1 aliphatic carbocycles. The molecule has 0 radical (unpaired) electrons. The molecule has 0 aromatic heterocycles. The fraction of sp³-hybridized carbons (Fsp3) is 0.565. The summed E-state index contributed by atoms with van der Waals surface area (Å²) in [5, 5.41) is 0. The number of amides is 1. The van der Waals surface area contributed by atoms with E-state index in [2.05, 4.69) is 0 Å². The normalized spacial score (nSPS) is 21.1. The zero-order chi connectivity index (χ0) is 21.5. The third-order valence-electron chi connectivity index (χ3n) is 6.00. The third-order valence-corrected chi connectivity index (χ3v) is 6.00. The molecule has 0 unspecified atom stereocenters. The van der Waals surface area contributed by atoms with Gasteiger partial charge in [0.15, 0.2) is 18.1 Å². The number of benzene rings is 1. The topological polar surface area (TPSA) is 74.3 Å². The zero-order valence-electron chi connectivity index (χ0n) is 18.0. The molecular formula is C23H31NO6. The molecule has 164 valence electrons. The van der Waals surface area contributed by atoms with Crippen molar-refractivity contribution in [3.8, 4) is 17.2 Å². The van der Waals surface area contributed by atoms with Gasteiger partial charge in [0.25, 0.3) is 5.91 Å². The van der Waals surface area contributed by atoms with Gasteiger partial charge in [-0.1, -0.05) is 12.8 Å². The molecule has 2 fully saturated rings. The van der Waals surface area contributed by atoms with E-state index in [1.54, 1.807) is 18.2 Å². The smallest absolute Gasteiger partial charge is 0.331 e. The van der Waals surface area contributed by atoms with Gasteiger partial charge in [-0.2, -0.15) is 0 Å². The Kier molecular flexibility index (Phi) is 7.60. The monoisotopic (exact) mass is 417 g/mol. The summed E-state index contributed by atoms with van der Waals surface area (Å²) in [6.07, 6.45) is 9.81. The van der Waals surface area contributed by atoms with Crippen molar-refractivity contribution in [3.05, 3.63) is 23.8 Å². The van der Waals surface area contributed by atoms with Gasteiger partial charge in [0.1, 0.15) is 0 Å². The van der Waals surface area contributed by atoms with Crippen LogP contribution in [0.2, 0.25) is 0 Å². The Bertz CT molecular complexity index is 763. The standard InChI is InChI=1S/C23H31NO6/c1-27-19-13-16(14-20(28-2)23(19)29-3)10-11-22(26)30-15-21(25)24-12-6-8-17-7-4-5-9-18(17)24/h10-11,13-14,17-18H,4-9,12,15H2,1-3H3/b11-10+/t17-,18+/m0/s1. The molecule has 30 heavy (non-hydrogen) atoms. The summed E-state index contributed by atoms with van der Waals surface area (Å²) in [5.74, 6) is 1.41. The first-order valence-electron chi connectivity index (χ1n) is 10.5. The van der Waals surface area contributed by atoms with E-state index in [4.69, 9.17) is 18.9 Å². The molecule has 0 bridgehead atoms. The van der Waals surface area contributed by atoms with Gasteiger partial charge in [-0.15, -0.1) is 0 Å². The molecule has 7 heteroatoms. The third kappa shape index (κ3) is 5.07. The SMILES string of the molecule is COc1cc(/C=C/C(=O)OCC(=O)N2CCC[C@@H]3CCCC[C@H]32)cc(OC)c1OC. The summed E-state index contributed by atoms with van der Waals surface area (Å²) >= 11 is 0. The molecule has 0 spiro atoms. The van der Waals surface area contributed by atoms with Crippen LogP contribution in [-0.2, 0) is 14.3 Å². The molecule has 1 aliphatic heterocycles. The van der Waals surface area contributed by atoms with Gasteiger partial charge in [0.05, 0.1) is 21.3 Å². The predicted octanol–water partition coefficient (Wildman–Crippen LogP) is 3.45. The van der Waals surface area contributed by atoms with Crippen molar-refractivity contribution in [2.45, 2.75) is 44.6 Å². The van der Waals surface area contributed by atoms with E-state index in [0.717, 1.165) is 19.4 Å². The molecule has 1 aromatic carbocycles. The van der Waals surface area contributed by atoms with Crippen molar-refractivity contribution in [1.82, 2.24) is 4.90 Å². The largest absolute Gasteiger partial charge is 0.493 e. The van der Waals surface area contributed by atoms with Crippen LogP contribution in [0.15, 0.2) is 18.2 Å². The van der Waals surface area contributed by atoms with Crippen LogP contribution in [0.4, 0.5) is 0 Å². The second kappa shape index (κ2) is 10.4. The number of hydrogen-bond donors (Lipinski definition) is 0. The van der Waals surface area contributed by atoms with Gasteiger partial charge in [-0.3, -0.25) is 4.79 Å². The Morgan fingerprint density at radius 1 is 1.00 bits per heavy atom. The van der Waals surface area contributed by atoms with Gasteiger partial charge in [-0.05, 0) is 55.4 Å². The molecule has 1 amide bonds. The maximum absolute atomic E-state index is 12.6. The van der Waals surface area contributed by atoms with Gasteiger partial charge >= 0.3 is 5.97 Å². The molecule has 1 aromatic rings. The van der Waals surface area contributed by atoms with Crippen LogP contribution in [-0.4, -0.2) is 57.3 Å². The van der Waals surface area contributed by atoms with Gasteiger partial charge < -0.3 is 23.8 Å². The van der Waals surface area contributed by atoms with Crippen LogP contribution in [0, 0.1) is 5.92 Å². The number of likely N-dealkylation sites (tertiary alicyclic amines) is 1. The Hall–Kier alpha value is -2.70. The number of carbonyl (C=O) groups excluding carboxylic acids is 2. The summed E-state index contributed by atoms with van der Waals surface area (Å²) in [6.45, 7) is 0.542. The van der Waals surface area contributed by atoms with Gasteiger partial charge in [0.2, 0.25) is 5.75 Å². The summed E-state index contributed by atoms with van der Waals surface area (Å²) in [7, 11) is 4.59. The highest BCUT2D eigenvalue weighted by molar-refractivity contribution is 5.89. The zero-order valence-corrected chi connectivity index (χ0v) is 18.0.